The molecule has 3 nitrogen and oxygen atoms in total. The number of hydrogen-bond acceptors (Lipinski definition) is 4. The molecule has 3 aromatic rings. The van der Waals surface area contributed by atoms with Gasteiger partial charge in [0.2, 0.25) is 5.78 Å². The zero-order valence-corrected chi connectivity index (χ0v) is 9.65. The Bertz CT molecular complexity index is 671. The van der Waals surface area contributed by atoms with Gasteiger partial charge in [-0.05, 0) is 12.1 Å². The van der Waals surface area contributed by atoms with Gasteiger partial charge in [-0.3, -0.25) is 14.8 Å². The second kappa shape index (κ2) is 4.07. The maximum absolute atomic E-state index is 12.3. The summed E-state index contributed by atoms with van der Waals surface area (Å²) < 4.78 is 0. The fourth-order valence-corrected chi connectivity index (χ4v) is 2.34. The maximum Gasteiger partial charge on any atom is 0.205 e. The van der Waals surface area contributed by atoms with Gasteiger partial charge in [-0.1, -0.05) is 18.2 Å². The van der Waals surface area contributed by atoms with Crippen LogP contribution in [0.5, 0.6) is 0 Å². The molecule has 17 heavy (non-hydrogen) atoms. The van der Waals surface area contributed by atoms with Gasteiger partial charge in [0.25, 0.3) is 0 Å². The third-order valence-corrected chi connectivity index (χ3v) is 3.32. The summed E-state index contributed by atoms with van der Waals surface area (Å²) in [5.41, 5.74) is 3.18. The molecule has 0 aliphatic carbocycles. The molecule has 1 aromatic carbocycles. The van der Waals surface area contributed by atoms with Crippen LogP contribution in [-0.2, 0) is 0 Å². The third-order valence-electron chi connectivity index (χ3n) is 2.55. The van der Waals surface area contributed by atoms with Crippen LogP contribution in [0.25, 0.3) is 10.9 Å². The van der Waals surface area contributed by atoms with Gasteiger partial charge in [0.1, 0.15) is 0 Å². The highest BCUT2D eigenvalue weighted by molar-refractivity contribution is 7.12. The Balaban J connectivity index is 2.21. The lowest BCUT2D eigenvalue weighted by Gasteiger charge is -2.02. The quantitative estimate of drug-likeness (QED) is 0.647. The molecule has 0 spiro atoms. The maximum atomic E-state index is 12.3. The van der Waals surface area contributed by atoms with Crippen molar-refractivity contribution in [3.05, 3.63) is 58.7 Å². The van der Waals surface area contributed by atoms with E-state index in [0.717, 1.165) is 10.9 Å². The molecule has 0 amide bonds. The Kier molecular flexibility index (Phi) is 2.42. The molecule has 0 bridgehead atoms. The Hall–Kier alpha value is -2.07. The first-order valence-corrected chi connectivity index (χ1v) is 6.01. The second-order valence-corrected chi connectivity index (χ2v) is 4.46. The molecule has 0 aliphatic rings. The van der Waals surface area contributed by atoms with Crippen molar-refractivity contribution in [1.29, 1.82) is 0 Å². The van der Waals surface area contributed by atoms with Crippen LogP contribution in [0.1, 0.15) is 15.2 Å². The molecular weight excluding hydrogens is 232 g/mol. The van der Waals surface area contributed by atoms with E-state index in [-0.39, 0.29) is 5.78 Å². The van der Waals surface area contributed by atoms with Gasteiger partial charge in [0.05, 0.1) is 15.9 Å². The number of hydrogen-bond donors (Lipinski definition) is 0. The summed E-state index contributed by atoms with van der Waals surface area (Å²) in [7, 11) is 0. The van der Waals surface area contributed by atoms with E-state index in [9.17, 15) is 4.79 Å². The van der Waals surface area contributed by atoms with Crippen LogP contribution in [0.3, 0.4) is 0 Å². The first-order valence-electron chi connectivity index (χ1n) is 5.13. The Morgan fingerprint density at radius 3 is 2.94 bits per heavy atom. The predicted octanol–water partition coefficient (Wildman–Crippen LogP) is 2.92. The Morgan fingerprint density at radius 2 is 2.12 bits per heavy atom. The molecule has 0 aliphatic heterocycles. The zero-order valence-electron chi connectivity index (χ0n) is 8.83. The number of fused-ring (bicyclic) bond motifs is 1. The smallest absolute Gasteiger partial charge is 0.205 e. The monoisotopic (exact) mass is 240 g/mol. The third kappa shape index (κ3) is 1.72. The minimum Gasteiger partial charge on any atom is -0.288 e. The highest BCUT2D eigenvalue weighted by Gasteiger charge is 2.13. The van der Waals surface area contributed by atoms with Crippen molar-refractivity contribution >= 4 is 28.0 Å². The lowest BCUT2D eigenvalue weighted by atomic mass is 10.0. The van der Waals surface area contributed by atoms with Gasteiger partial charge in [0, 0.05) is 23.3 Å². The van der Waals surface area contributed by atoms with E-state index in [4.69, 9.17) is 0 Å². The van der Waals surface area contributed by atoms with Crippen molar-refractivity contribution < 1.29 is 4.79 Å². The molecule has 0 saturated carbocycles. The molecule has 82 valence electrons. The topological polar surface area (TPSA) is 42.9 Å². The average Bonchev–Trinajstić information content (AvgIpc) is 2.91. The molecule has 0 atom stereocenters. The van der Waals surface area contributed by atoms with Crippen molar-refractivity contribution in [2.75, 3.05) is 0 Å². The predicted molar refractivity (Wildman–Crippen MR) is 67.3 cm³/mol. The Morgan fingerprint density at radius 1 is 1.18 bits per heavy atom. The number of rotatable bonds is 2. The number of carbonyl (C=O) groups excluding carboxylic acids is 1. The van der Waals surface area contributed by atoms with Gasteiger partial charge in [0.15, 0.2) is 0 Å². The van der Waals surface area contributed by atoms with Gasteiger partial charge < -0.3 is 0 Å². The van der Waals surface area contributed by atoms with E-state index < -0.39 is 0 Å². The van der Waals surface area contributed by atoms with Crippen LogP contribution < -0.4 is 0 Å². The molecule has 4 heteroatoms. The van der Waals surface area contributed by atoms with Gasteiger partial charge in [-0.2, -0.15) is 0 Å². The standard InChI is InChI=1S/C13H8N2OS/c16-13(12-7-14-8-17-12)10-3-1-5-11-9(10)4-2-6-15-11/h1-8H. The SMILES string of the molecule is O=C(c1cncs1)c1cccc2ncccc12. The number of aromatic nitrogens is 2. The van der Waals surface area contributed by atoms with Gasteiger partial charge in [-0.25, -0.2) is 0 Å². The molecule has 2 aromatic heterocycles. The first kappa shape index (κ1) is 10.1. The fourth-order valence-electron chi connectivity index (χ4n) is 1.76. The van der Waals surface area contributed by atoms with E-state index >= 15 is 0 Å². The van der Waals surface area contributed by atoms with Crippen LogP contribution in [0.4, 0.5) is 0 Å². The normalized spacial score (nSPS) is 10.6. The molecule has 0 unspecified atom stereocenters. The number of pyridine rings is 1. The van der Waals surface area contributed by atoms with Crippen molar-refractivity contribution in [3.63, 3.8) is 0 Å². The minimum absolute atomic E-state index is 0.00565. The lowest BCUT2D eigenvalue weighted by Crippen LogP contribution is -1.99. The second-order valence-electron chi connectivity index (χ2n) is 3.57. The summed E-state index contributed by atoms with van der Waals surface area (Å²) in [5.74, 6) is 0.00565. The number of ketones is 1. The fraction of sp³-hybridized carbons (Fsp3) is 0. The van der Waals surface area contributed by atoms with Crippen molar-refractivity contribution in [1.82, 2.24) is 9.97 Å². The van der Waals surface area contributed by atoms with Gasteiger partial charge >= 0.3 is 0 Å². The molecule has 3 rings (SSSR count). The van der Waals surface area contributed by atoms with E-state index in [1.807, 2.05) is 30.3 Å². The average molecular weight is 240 g/mol. The Labute approximate surface area is 102 Å². The van der Waals surface area contributed by atoms with Crippen LogP contribution in [0.15, 0.2) is 48.2 Å². The molecule has 0 N–H and O–H groups in total. The van der Waals surface area contributed by atoms with Crippen molar-refractivity contribution in [2.24, 2.45) is 0 Å². The molecule has 0 saturated heterocycles. The molecule has 0 radical (unpaired) electrons. The number of thiazole rings is 1. The van der Waals surface area contributed by atoms with E-state index in [0.29, 0.717) is 10.4 Å². The van der Waals surface area contributed by atoms with Crippen molar-refractivity contribution in [3.8, 4) is 0 Å². The van der Waals surface area contributed by atoms with Crippen LogP contribution in [0, 0.1) is 0 Å². The van der Waals surface area contributed by atoms with Crippen molar-refractivity contribution in [2.45, 2.75) is 0 Å². The number of benzene rings is 1. The van der Waals surface area contributed by atoms with Crippen LogP contribution in [0.2, 0.25) is 0 Å². The molecule has 0 fully saturated rings. The number of nitrogens with zero attached hydrogens (tertiary/aromatic N) is 2. The van der Waals surface area contributed by atoms with E-state index in [1.54, 1.807) is 17.9 Å². The largest absolute Gasteiger partial charge is 0.288 e. The summed E-state index contributed by atoms with van der Waals surface area (Å²) in [6, 6.07) is 9.33. The lowest BCUT2D eigenvalue weighted by molar-refractivity contribution is 0.104. The highest BCUT2D eigenvalue weighted by Crippen LogP contribution is 2.21. The molecule has 2 heterocycles. The summed E-state index contributed by atoms with van der Waals surface area (Å²) >= 11 is 1.35. The molecular formula is C13H8N2OS. The van der Waals surface area contributed by atoms with Gasteiger partial charge in [-0.15, -0.1) is 11.3 Å². The van der Waals surface area contributed by atoms with E-state index in [1.165, 1.54) is 11.3 Å². The van der Waals surface area contributed by atoms with E-state index in [2.05, 4.69) is 9.97 Å². The summed E-state index contributed by atoms with van der Waals surface area (Å²) in [6.45, 7) is 0. The summed E-state index contributed by atoms with van der Waals surface area (Å²) in [4.78, 5) is 21.1. The zero-order chi connectivity index (χ0) is 11.7. The summed E-state index contributed by atoms with van der Waals surface area (Å²) in [6.07, 6.45) is 3.32. The number of carbonyl (C=O) groups is 1. The minimum atomic E-state index is 0.00565. The van der Waals surface area contributed by atoms with Crippen LogP contribution in [-0.4, -0.2) is 15.8 Å². The van der Waals surface area contributed by atoms with Crippen LogP contribution >= 0.6 is 11.3 Å². The summed E-state index contributed by atoms with van der Waals surface area (Å²) in [5, 5.41) is 0.883. The first-order chi connectivity index (χ1) is 8.36. The highest BCUT2D eigenvalue weighted by atomic mass is 32.1.